The van der Waals surface area contributed by atoms with Crippen LogP contribution < -0.4 is 10.1 Å². The van der Waals surface area contributed by atoms with E-state index in [9.17, 15) is 14.0 Å². The van der Waals surface area contributed by atoms with E-state index in [1.165, 1.54) is 41.6 Å². The van der Waals surface area contributed by atoms with Gasteiger partial charge in [0, 0.05) is 18.7 Å². The molecule has 3 aromatic carbocycles. The van der Waals surface area contributed by atoms with Gasteiger partial charge in [-0.2, -0.15) is 5.10 Å². The standard InChI is InChI=1S/C28H26FN5O4/c29-21-6-10-23(11-7-21)38-24-12-8-22(9-13-24)32-28(36)26-14-25(37-17-20-4-2-1-3-5-20)15-34(26)27(35)16-33-19-30-18-31-33/h1-13,18-19,25-26H,14-17H2,(H,32,36)/t25-,26+/m1/s1. The highest BCUT2D eigenvalue weighted by Gasteiger charge is 2.40. The summed E-state index contributed by atoms with van der Waals surface area (Å²) >= 11 is 0. The number of nitrogens with one attached hydrogen (secondary N) is 1. The number of benzene rings is 3. The minimum atomic E-state index is -0.707. The number of ether oxygens (including phenoxy) is 2. The summed E-state index contributed by atoms with van der Waals surface area (Å²) in [5.74, 6) is 0.134. The first-order valence-corrected chi connectivity index (χ1v) is 12.2. The molecule has 2 atom stereocenters. The van der Waals surface area contributed by atoms with Crippen LogP contribution >= 0.6 is 0 Å². The molecule has 0 saturated carbocycles. The van der Waals surface area contributed by atoms with Crippen LogP contribution in [0.15, 0.2) is 91.5 Å². The molecule has 194 valence electrons. The van der Waals surface area contributed by atoms with Crippen molar-refractivity contribution in [3.63, 3.8) is 0 Å². The fourth-order valence-corrected chi connectivity index (χ4v) is 4.25. The highest BCUT2D eigenvalue weighted by molar-refractivity contribution is 5.97. The molecule has 0 unspecified atom stereocenters. The lowest BCUT2D eigenvalue weighted by Gasteiger charge is -2.23. The molecule has 4 aromatic rings. The Morgan fingerprint density at radius 2 is 1.68 bits per heavy atom. The number of nitrogens with zero attached hydrogens (tertiary/aromatic N) is 4. The minimum Gasteiger partial charge on any atom is -0.457 e. The van der Waals surface area contributed by atoms with Gasteiger partial charge in [-0.3, -0.25) is 9.59 Å². The van der Waals surface area contributed by atoms with Crippen molar-refractivity contribution in [3.05, 3.63) is 103 Å². The summed E-state index contributed by atoms with van der Waals surface area (Å²) in [4.78, 5) is 31.8. The number of likely N-dealkylation sites (tertiary alicyclic amines) is 1. The fourth-order valence-electron chi connectivity index (χ4n) is 4.25. The van der Waals surface area contributed by atoms with Crippen LogP contribution in [0.3, 0.4) is 0 Å². The maximum atomic E-state index is 13.3. The van der Waals surface area contributed by atoms with Crippen LogP contribution in [0.25, 0.3) is 0 Å². The first-order valence-electron chi connectivity index (χ1n) is 12.2. The number of carbonyl (C=O) groups is 2. The van der Waals surface area contributed by atoms with Gasteiger partial charge in [-0.15, -0.1) is 0 Å². The van der Waals surface area contributed by atoms with Gasteiger partial charge < -0.3 is 19.7 Å². The Labute approximate surface area is 218 Å². The van der Waals surface area contributed by atoms with Crippen molar-refractivity contribution in [1.29, 1.82) is 0 Å². The predicted octanol–water partition coefficient (Wildman–Crippen LogP) is 4.03. The molecule has 9 nitrogen and oxygen atoms in total. The Kier molecular flexibility index (Phi) is 7.70. The maximum Gasteiger partial charge on any atom is 0.247 e. The summed E-state index contributed by atoms with van der Waals surface area (Å²) in [6, 6.07) is 21.6. The van der Waals surface area contributed by atoms with Gasteiger partial charge in [0.25, 0.3) is 0 Å². The van der Waals surface area contributed by atoms with Gasteiger partial charge >= 0.3 is 0 Å². The molecule has 0 bridgehead atoms. The van der Waals surface area contributed by atoms with E-state index in [1.54, 1.807) is 29.2 Å². The van der Waals surface area contributed by atoms with Gasteiger partial charge in [0.15, 0.2) is 0 Å². The Hall–Kier alpha value is -4.57. The van der Waals surface area contributed by atoms with Crippen LogP contribution in [-0.4, -0.2) is 50.2 Å². The number of carbonyl (C=O) groups excluding carboxylic acids is 2. The Morgan fingerprint density at radius 3 is 2.37 bits per heavy atom. The quantitative estimate of drug-likeness (QED) is 0.361. The van der Waals surface area contributed by atoms with E-state index < -0.39 is 6.04 Å². The van der Waals surface area contributed by atoms with Gasteiger partial charge in [0.1, 0.15) is 42.6 Å². The number of hydrogen-bond acceptors (Lipinski definition) is 6. The Bertz CT molecular complexity index is 1350. The second-order valence-electron chi connectivity index (χ2n) is 8.88. The molecule has 0 radical (unpaired) electrons. The minimum absolute atomic E-state index is 0.0232. The summed E-state index contributed by atoms with van der Waals surface area (Å²) in [5.41, 5.74) is 1.57. The number of anilines is 1. The summed E-state index contributed by atoms with van der Waals surface area (Å²) in [6.45, 7) is 0.661. The third-order valence-corrected chi connectivity index (χ3v) is 6.15. The molecule has 1 N–H and O–H groups in total. The van der Waals surface area contributed by atoms with Gasteiger partial charge in [-0.1, -0.05) is 30.3 Å². The molecule has 0 aliphatic carbocycles. The normalized spacial score (nSPS) is 16.8. The van der Waals surface area contributed by atoms with E-state index in [4.69, 9.17) is 9.47 Å². The maximum absolute atomic E-state index is 13.3. The lowest BCUT2D eigenvalue weighted by Crippen LogP contribution is -2.44. The molecule has 5 rings (SSSR count). The van der Waals surface area contributed by atoms with Crippen molar-refractivity contribution in [3.8, 4) is 11.5 Å². The van der Waals surface area contributed by atoms with E-state index >= 15 is 0 Å². The molecule has 0 spiro atoms. The molecule has 1 aliphatic rings. The predicted molar refractivity (Wildman–Crippen MR) is 137 cm³/mol. The van der Waals surface area contributed by atoms with E-state index in [0.29, 0.717) is 36.8 Å². The number of hydrogen-bond donors (Lipinski definition) is 1. The number of rotatable bonds is 9. The molecule has 1 aromatic heterocycles. The van der Waals surface area contributed by atoms with Crippen LogP contribution in [0.2, 0.25) is 0 Å². The van der Waals surface area contributed by atoms with Crippen LogP contribution in [0, 0.1) is 5.82 Å². The molecule has 1 aliphatic heterocycles. The molecular weight excluding hydrogens is 489 g/mol. The van der Waals surface area contributed by atoms with Gasteiger partial charge in [0.2, 0.25) is 11.8 Å². The number of aromatic nitrogens is 3. The first-order chi connectivity index (χ1) is 18.5. The first kappa shape index (κ1) is 25.1. The van der Waals surface area contributed by atoms with Crippen LogP contribution in [-0.2, 0) is 27.5 Å². The van der Waals surface area contributed by atoms with Gasteiger partial charge in [-0.05, 0) is 54.1 Å². The van der Waals surface area contributed by atoms with Crippen LogP contribution in [0.4, 0.5) is 10.1 Å². The zero-order valence-corrected chi connectivity index (χ0v) is 20.4. The number of halogens is 1. The SMILES string of the molecule is O=C(Nc1ccc(Oc2ccc(F)cc2)cc1)[C@@H]1C[C@@H](OCc2ccccc2)CN1C(=O)Cn1cncn1. The van der Waals surface area contributed by atoms with Crippen molar-refractivity contribution in [2.45, 2.75) is 31.7 Å². The smallest absolute Gasteiger partial charge is 0.247 e. The molecule has 2 amide bonds. The zero-order chi connectivity index (χ0) is 26.3. The van der Waals surface area contributed by atoms with Crippen LogP contribution in [0.1, 0.15) is 12.0 Å². The van der Waals surface area contributed by atoms with E-state index in [0.717, 1.165) is 5.56 Å². The van der Waals surface area contributed by atoms with E-state index in [2.05, 4.69) is 15.4 Å². The second kappa shape index (κ2) is 11.7. The monoisotopic (exact) mass is 515 g/mol. The van der Waals surface area contributed by atoms with Crippen molar-refractivity contribution in [2.24, 2.45) is 0 Å². The van der Waals surface area contributed by atoms with E-state index in [1.807, 2.05) is 30.3 Å². The van der Waals surface area contributed by atoms with Gasteiger partial charge in [0.05, 0.1) is 12.7 Å². The summed E-state index contributed by atoms with van der Waals surface area (Å²) in [6.07, 6.45) is 2.89. The summed E-state index contributed by atoms with van der Waals surface area (Å²) in [5, 5.41) is 6.89. The van der Waals surface area contributed by atoms with Crippen molar-refractivity contribution in [2.75, 3.05) is 11.9 Å². The average molecular weight is 516 g/mol. The topological polar surface area (TPSA) is 98.6 Å². The summed E-state index contributed by atoms with van der Waals surface area (Å²) < 4.78 is 26.3. The van der Waals surface area contributed by atoms with Crippen LogP contribution in [0.5, 0.6) is 11.5 Å². The molecular formula is C28H26FN5O4. The molecule has 38 heavy (non-hydrogen) atoms. The highest BCUT2D eigenvalue weighted by atomic mass is 19.1. The van der Waals surface area contributed by atoms with Crippen molar-refractivity contribution >= 4 is 17.5 Å². The molecule has 10 heteroatoms. The highest BCUT2D eigenvalue weighted by Crippen LogP contribution is 2.26. The molecule has 1 fully saturated rings. The fraction of sp³-hybridized carbons (Fsp3) is 0.214. The largest absolute Gasteiger partial charge is 0.457 e. The van der Waals surface area contributed by atoms with E-state index in [-0.39, 0.29) is 30.3 Å². The van der Waals surface area contributed by atoms with Gasteiger partial charge in [-0.25, -0.2) is 14.1 Å². The molecule has 2 heterocycles. The Morgan fingerprint density at radius 1 is 0.974 bits per heavy atom. The summed E-state index contributed by atoms with van der Waals surface area (Å²) in [7, 11) is 0. The Balaban J connectivity index is 1.24. The number of amides is 2. The second-order valence-corrected chi connectivity index (χ2v) is 8.88. The zero-order valence-electron chi connectivity index (χ0n) is 20.4. The van der Waals surface area contributed by atoms with Crippen molar-refractivity contribution < 1.29 is 23.5 Å². The lowest BCUT2D eigenvalue weighted by molar-refractivity contribution is -0.137. The third-order valence-electron chi connectivity index (χ3n) is 6.15. The third kappa shape index (κ3) is 6.40. The van der Waals surface area contributed by atoms with Crippen molar-refractivity contribution in [1.82, 2.24) is 19.7 Å². The molecule has 1 saturated heterocycles. The lowest BCUT2D eigenvalue weighted by atomic mass is 10.1. The average Bonchev–Trinajstić information content (AvgIpc) is 3.61.